The smallest absolute Gasteiger partial charge is 0.264 e. The first-order chi connectivity index (χ1) is 19.9. The lowest BCUT2D eigenvalue weighted by Gasteiger charge is -2.33. The molecular formula is C25H51NO14S3. The summed E-state index contributed by atoms with van der Waals surface area (Å²) in [4.78, 5) is 12.2. The number of hydrogen-bond acceptors (Lipinski definition) is 14. The summed E-state index contributed by atoms with van der Waals surface area (Å²) in [5.74, 6) is 0. The maximum atomic E-state index is 12.9. The molecule has 258 valence electrons. The quantitative estimate of drug-likeness (QED) is 0.0503. The molecule has 0 aromatic carbocycles. The number of nitro groups is 1. The Morgan fingerprint density at radius 3 is 1.02 bits per heavy atom. The van der Waals surface area contributed by atoms with Crippen molar-refractivity contribution in [2.24, 2.45) is 0 Å². The van der Waals surface area contributed by atoms with Crippen LogP contribution >= 0.6 is 0 Å². The van der Waals surface area contributed by atoms with Crippen LogP contribution in [0.3, 0.4) is 0 Å². The molecule has 0 fully saturated rings. The molecule has 0 aromatic rings. The number of hydrogen-bond donors (Lipinski definition) is 0. The average Bonchev–Trinajstić information content (AvgIpc) is 2.84. The fourth-order valence-electron chi connectivity index (χ4n) is 4.23. The minimum atomic E-state index is -4.13. The van der Waals surface area contributed by atoms with E-state index in [-0.39, 0.29) is 39.6 Å². The molecule has 3 atom stereocenters. The van der Waals surface area contributed by atoms with E-state index in [2.05, 4.69) is 0 Å². The van der Waals surface area contributed by atoms with Crippen molar-refractivity contribution in [2.45, 2.75) is 102 Å². The standard InChI is InChI=1S/C25H51NO14S3/c1-7-10-13-35-19-22(38-41(4,29)30)16-25(26(27)28,17-23(39-42(5,31)32)20-36-14-11-8-2)18-24(40-43(6,33)34)21-37-15-12-9-3/h22-24H,7-21H2,1-6H3. The van der Waals surface area contributed by atoms with Crippen LogP contribution in [-0.2, 0) is 57.1 Å². The molecule has 3 unspecified atom stereocenters. The van der Waals surface area contributed by atoms with Crippen LogP contribution in [0, 0.1) is 10.1 Å². The van der Waals surface area contributed by atoms with Crippen LogP contribution in [-0.4, -0.2) is 112 Å². The van der Waals surface area contributed by atoms with Gasteiger partial charge in [0.05, 0.1) is 38.6 Å². The monoisotopic (exact) mass is 685 g/mol. The SMILES string of the molecule is CCCCOCC(CC(CC(COCCCC)OS(C)(=O)=O)(CC(COCCCC)OS(C)(=O)=O)[N+](=O)[O-])OS(C)(=O)=O. The van der Waals surface area contributed by atoms with Gasteiger partial charge < -0.3 is 14.2 Å². The van der Waals surface area contributed by atoms with E-state index < -0.39 is 78.4 Å². The van der Waals surface area contributed by atoms with Crippen LogP contribution in [0.4, 0.5) is 0 Å². The molecule has 0 amide bonds. The van der Waals surface area contributed by atoms with Gasteiger partial charge in [-0.3, -0.25) is 22.7 Å². The zero-order valence-electron chi connectivity index (χ0n) is 26.2. The lowest BCUT2D eigenvalue weighted by Crippen LogP contribution is -2.50. The molecule has 43 heavy (non-hydrogen) atoms. The normalized spacial score (nSPS) is 16.4. The second kappa shape index (κ2) is 20.9. The molecule has 0 spiro atoms. The summed E-state index contributed by atoms with van der Waals surface area (Å²) >= 11 is 0. The van der Waals surface area contributed by atoms with Gasteiger partial charge in [-0.2, -0.15) is 25.3 Å². The Kier molecular flexibility index (Phi) is 20.4. The van der Waals surface area contributed by atoms with E-state index in [0.29, 0.717) is 19.3 Å². The summed E-state index contributed by atoms with van der Waals surface area (Å²) < 4.78 is 105. The van der Waals surface area contributed by atoms with Crippen molar-refractivity contribution < 1.29 is 56.9 Å². The average molecular weight is 686 g/mol. The van der Waals surface area contributed by atoms with Crippen molar-refractivity contribution in [1.29, 1.82) is 0 Å². The van der Waals surface area contributed by atoms with Gasteiger partial charge in [0.1, 0.15) is 18.3 Å². The van der Waals surface area contributed by atoms with Crippen LogP contribution in [0.25, 0.3) is 0 Å². The van der Waals surface area contributed by atoms with E-state index in [1.807, 2.05) is 20.8 Å². The third-order valence-electron chi connectivity index (χ3n) is 5.98. The Morgan fingerprint density at radius 1 is 0.581 bits per heavy atom. The lowest BCUT2D eigenvalue weighted by atomic mass is 9.82. The van der Waals surface area contributed by atoms with Crippen LogP contribution in [0.5, 0.6) is 0 Å². The molecule has 0 aliphatic heterocycles. The largest absolute Gasteiger partial charge is 0.379 e. The van der Waals surface area contributed by atoms with E-state index in [9.17, 15) is 35.4 Å². The Hall–Kier alpha value is -0.990. The number of unbranched alkanes of at least 4 members (excludes halogenated alkanes) is 3. The van der Waals surface area contributed by atoms with E-state index in [1.54, 1.807) is 0 Å². The maximum absolute atomic E-state index is 12.9. The van der Waals surface area contributed by atoms with Crippen molar-refractivity contribution in [2.75, 3.05) is 58.4 Å². The first-order valence-corrected chi connectivity index (χ1v) is 19.8. The predicted molar refractivity (Wildman–Crippen MR) is 160 cm³/mol. The fraction of sp³-hybridized carbons (Fsp3) is 1.00. The van der Waals surface area contributed by atoms with Gasteiger partial charge in [-0.05, 0) is 19.3 Å². The summed E-state index contributed by atoms with van der Waals surface area (Å²) in [5, 5.41) is 12.9. The van der Waals surface area contributed by atoms with Gasteiger partial charge >= 0.3 is 0 Å². The van der Waals surface area contributed by atoms with Gasteiger partial charge in [0.25, 0.3) is 30.4 Å². The van der Waals surface area contributed by atoms with E-state index in [0.717, 1.165) is 38.0 Å². The molecule has 0 aliphatic rings. The lowest BCUT2D eigenvalue weighted by molar-refractivity contribution is -0.579. The van der Waals surface area contributed by atoms with Crippen LogP contribution in [0.2, 0.25) is 0 Å². The van der Waals surface area contributed by atoms with Crippen molar-refractivity contribution >= 4 is 30.4 Å². The first kappa shape index (κ1) is 42.0. The zero-order chi connectivity index (χ0) is 33.2. The van der Waals surface area contributed by atoms with Gasteiger partial charge in [-0.25, -0.2) is 0 Å². The molecule has 0 rings (SSSR count). The van der Waals surface area contributed by atoms with Crippen molar-refractivity contribution in [1.82, 2.24) is 0 Å². The van der Waals surface area contributed by atoms with Crippen LogP contribution in [0.15, 0.2) is 0 Å². The number of nitrogens with zero attached hydrogens (tertiary/aromatic N) is 1. The van der Waals surface area contributed by atoms with Crippen molar-refractivity contribution in [3.63, 3.8) is 0 Å². The van der Waals surface area contributed by atoms with Gasteiger partial charge in [0, 0.05) is 44.0 Å². The van der Waals surface area contributed by atoms with Crippen molar-refractivity contribution in [3.05, 3.63) is 10.1 Å². The molecule has 0 aromatic heterocycles. The molecule has 0 aliphatic carbocycles. The minimum Gasteiger partial charge on any atom is -0.379 e. The molecule has 0 N–H and O–H groups in total. The molecular weight excluding hydrogens is 634 g/mol. The topological polar surface area (TPSA) is 201 Å². The Balaban J connectivity index is 6.74. The fourth-order valence-corrected chi connectivity index (χ4v) is 6.09. The predicted octanol–water partition coefficient (Wildman–Crippen LogP) is 2.66. The first-order valence-electron chi connectivity index (χ1n) is 14.4. The number of rotatable bonds is 28. The second-order valence-electron chi connectivity index (χ2n) is 10.6. The summed E-state index contributed by atoms with van der Waals surface area (Å²) in [5.41, 5.74) is -2.23. The van der Waals surface area contributed by atoms with Gasteiger partial charge in [0.2, 0.25) is 5.54 Å². The number of ether oxygens (including phenoxy) is 3. The highest BCUT2D eigenvalue weighted by Crippen LogP contribution is 2.33. The van der Waals surface area contributed by atoms with E-state index in [4.69, 9.17) is 26.8 Å². The highest BCUT2D eigenvalue weighted by Gasteiger charge is 2.50. The molecule has 0 radical (unpaired) electrons. The Bertz CT molecular complexity index is 970. The van der Waals surface area contributed by atoms with Gasteiger partial charge in [-0.15, -0.1) is 0 Å². The Labute approximate surface area is 257 Å². The molecule has 0 bridgehead atoms. The molecule has 0 saturated carbocycles. The summed E-state index contributed by atoms with van der Waals surface area (Å²) in [6, 6.07) is 0. The maximum Gasteiger partial charge on any atom is 0.264 e. The van der Waals surface area contributed by atoms with Crippen LogP contribution in [0.1, 0.15) is 78.6 Å². The van der Waals surface area contributed by atoms with E-state index in [1.165, 1.54) is 0 Å². The van der Waals surface area contributed by atoms with Gasteiger partial charge in [0.15, 0.2) is 0 Å². The minimum absolute atomic E-state index is 0.238. The molecule has 15 nitrogen and oxygen atoms in total. The van der Waals surface area contributed by atoms with Gasteiger partial charge in [-0.1, -0.05) is 40.0 Å². The van der Waals surface area contributed by atoms with E-state index >= 15 is 0 Å². The highest BCUT2D eigenvalue weighted by atomic mass is 32.2. The third-order valence-corrected chi connectivity index (χ3v) is 7.85. The summed E-state index contributed by atoms with van der Waals surface area (Å²) in [7, 11) is -12.4. The van der Waals surface area contributed by atoms with Crippen LogP contribution < -0.4 is 0 Å². The summed E-state index contributed by atoms with van der Waals surface area (Å²) in [6.07, 6.45) is 0.649. The highest BCUT2D eigenvalue weighted by molar-refractivity contribution is 7.86. The van der Waals surface area contributed by atoms with Crippen molar-refractivity contribution in [3.8, 4) is 0 Å². The molecule has 18 heteroatoms. The zero-order valence-corrected chi connectivity index (χ0v) is 28.7. The molecule has 0 saturated heterocycles. The molecule has 0 heterocycles. The Morgan fingerprint density at radius 2 is 0.837 bits per heavy atom. The second-order valence-corrected chi connectivity index (χ2v) is 15.4. The third kappa shape index (κ3) is 22.2. The summed E-state index contributed by atoms with van der Waals surface area (Å²) in [6.45, 7) is 5.46.